The lowest BCUT2D eigenvalue weighted by Gasteiger charge is -2.31. The van der Waals surface area contributed by atoms with E-state index in [1.807, 2.05) is 0 Å². The summed E-state index contributed by atoms with van der Waals surface area (Å²) in [6.07, 6.45) is 0.602. The lowest BCUT2D eigenvalue weighted by Crippen LogP contribution is -2.46. The van der Waals surface area contributed by atoms with Crippen molar-refractivity contribution in [3.05, 3.63) is 395 Å². The summed E-state index contributed by atoms with van der Waals surface area (Å²) in [5, 5.41) is 16.7. The molecule has 0 spiro atoms. The minimum Gasteiger partial charge on any atom is -0.454 e. The van der Waals surface area contributed by atoms with Crippen LogP contribution < -0.4 is 0 Å². The van der Waals surface area contributed by atoms with E-state index in [0.29, 0.717) is 12.8 Å². The van der Waals surface area contributed by atoms with Crippen molar-refractivity contribution in [1.29, 1.82) is 0 Å². The fourth-order valence-corrected chi connectivity index (χ4v) is 23.6. The molecule has 11 aromatic rings. The van der Waals surface area contributed by atoms with Crippen LogP contribution in [0.1, 0.15) is 74.0 Å². The van der Waals surface area contributed by atoms with Crippen LogP contribution in [-0.2, 0) is 68.0 Å². The van der Waals surface area contributed by atoms with Crippen molar-refractivity contribution in [2.75, 3.05) is 0 Å². The average Bonchev–Trinajstić information content (AvgIpc) is 3.11. The van der Waals surface area contributed by atoms with Gasteiger partial charge in [0, 0.05) is 67.2 Å². The summed E-state index contributed by atoms with van der Waals surface area (Å²) >= 11 is 0. The van der Waals surface area contributed by atoms with Crippen molar-refractivity contribution in [1.82, 2.24) is 0 Å². The molecule has 0 heterocycles. The molecule has 0 unspecified atom stereocenters. The molecule has 0 N–H and O–H groups in total. The number of rotatable bonds is 30. The normalized spacial score (nSPS) is 12.3. The summed E-state index contributed by atoms with van der Waals surface area (Å²) in [6, 6.07) is 125. The molecule has 0 aliphatic carbocycles. The number of benzene rings is 11. The summed E-state index contributed by atoms with van der Waals surface area (Å²) < 4.78 is 22.9. The highest BCUT2D eigenvalue weighted by Gasteiger charge is 2.42. The van der Waals surface area contributed by atoms with E-state index in [0.717, 1.165) is 82.7 Å². The zero-order chi connectivity index (χ0) is 60.5. The van der Waals surface area contributed by atoms with Crippen LogP contribution in [-0.4, -0.2) is 42.1 Å². The lowest BCUT2D eigenvalue weighted by molar-refractivity contribution is 0.312. The van der Waals surface area contributed by atoms with E-state index in [1.54, 1.807) is 0 Å². The van der Waals surface area contributed by atoms with Gasteiger partial charge in [-0.15, -0.1) is 15.5 Å². The van der Waals surface area contributed by atoms with Crippen molar-refractivity contribution < 1.29 is 13.6 Å². The Morgan fingerprint density at radius 3 is 0.539 bits per heavy atom. The first-order chi connectivity index (χ1) is 43.9. The monoisotopic (exact) mass is 1210 g/mol. The second-order valence-electron chi connectivity index (χ2n) is 23.6. The van der Waals surface area contributed by atoms with Gasteiger partial charge in [0.25, 0.3) is 25.0 Å². The molecule has 0 bridgehead atoms. The molecular formula is C80H77N3O3Si3. The summed E-state index contributed by atoms with van der Waals surface area (Å²) in [7, 11) is -8.91. The highest BCUT2D eigenvalue weighted by atomic mass is 28.4. The summed E-state index contributed by atoms with van der Waals surface area (Å²) in [5.41, 5.74) is 15.2. The van der Waals surface area contributed by atoms with Crippen LogP contribution in [0.15, 0.2) is 349 Å². The van der Waals surface area contributed by atoms with E-state index in [4.69, 9.17) is 29.0 Å². The maximum atomic E-state index is 7.69. The van der Waals surface area contributed by atoms with Gasteiger partial charge in [-0.25, -0.2) is 0 Å². The first kappa shape index (κ1) is 61.1. The third-order valence-electron chi connectivity index (χ3n) is 16.3. The van der Waals surface area contributed by atoms with Gasteiger partial charge in [0.1, 0.15) is 0 Å². The molecule has 11 rings (SSSR count). The van der Waals surface area contributed by atoms with Gasteiger partial charge in [-0.05, 0) is 61.2 Å². The topological polar surface area (TPSA) is 64.8 Å². The van der Waals surface area contributed by atoms with Crippen LogP contribution in [0.4, 0.5) is 0 Å². The van der Waals surface area contributed by atoms with E-state index in [-0.39, 0.29) is 0 Å². The highest BCUT2D eigenvalue weighted by molar-refractivity contribution is 6.73. The first-order valence-corrected chi connectivity index (χ1v) is 38.7. The second kappa shape index (κ2) is 31.4. The van der Waals surface area contributed by atoms with Crippen LogP contribution in [0.5, 0.6) is 0 Å². The van der Waals surface area contributed by atoms with Crippen molar-refractivity contribution in [2.24, 2.45) is 15.5 Å². The standard InChI is InChI=1S/C80H77N3O3Si3/c1-12-34-67(35-13-1)58-87(59-68-36-14-2-15-37-68,60-69-38-16-3-17-39-69)84-81-78(56-79(76-52-30-10-31-53-76)82-85-88(61-70-40-18-4-19-41-70,62-71-42-20-5-21-43-71)63-72-44-22-6-23-45-72)57-80(77-54-32-11-33-55-77)83-86-89(64-73-46-24-7-25-47-73,65-74-48-26-8-27-49-74)66-75-50-28-9-29-51-75/h1-55H,56-66H2/b81-78-,82-79+,83-80-. The number of nitrogens with zero attached hydrogens (tertiary/aromatic N) is 3. The maximum absolute atomic E-state index is 7.69. The van der Waals surface area contributed by atoms with Crippen molar-refractivity contribution in [3.63, 3.8) is 0 Å². The molecule has 89 heavy (non-hydrogen) atoms. The Hall–Kier alpha value is -9.52. The number of hydrogen-bond acceptors (Lipinski definition) is 6. The Balaban J connectivity index is 1.09. The lowest BCUT2D eigenvalue weighted by atomic mass is 9.99. The molecule has 0 saturated carbocycles. The summed E-state index contributed by atoms with van der Waals surface area (Å²) in [5.74, 6) is 0. The van der Waals surface area contributed by atoms with Gasteiger partial charge in [-0.1, -0.05) is 334 Å². The van der Waals surface area contributed by atoms with Crippen molar-refractivity contribution >= 4 is 42.1 Å². The molecule has 0 fully saturated rings. The van der Waals surface area contributed by atoms with Gasteiger partial charge in [-0.2, -0.15) is 0 Å². The molecule has 0 aromatic heterocycles. The molecule has 0 aliphatic rings. The van der Waals surface area contributed by atoms with Gasteiger partial charge in [0.05, 0.1) is 17.1 Å². The third kappa shape index (κ3) is 18.5. The van der Waals surface area contributed by atoms with E-state index in [9.17, 15) is 0 Å². The minimum absolute atomic E-state index is 0.301. The highest BCUT2D eigenvalue weighted by Crippen LogP contribution is 2.30. The zero-order valence-corrected chi connectivity index (χ0v) is 53.6. The van der Waals surface area contributed by atoms with Gasteiger partial charge in [-0.3, -0.25) is 0 Å². The second-order valence-corrected chi connectivity index (χ2v) is 34.4. The molecular weight excluding hydrogens is 1140 g/mol. The number of oxime groups is 3. The van der Waals surface area contributed by atoms with Gasteiger partial charge in [0.15, 0.2) is 0 Å². The van der Waals surface area contributed by atoms with Crippen LogP contribution in [0.2, 0.25) is 0 Å². The molecule has 11 aromatic carbocycles. The number of hydrogen-bond donors (Lipinski definition) is 0. The van der Waals surface area contributed by atoms with Crippen molar-refractivity contribution in [3.8, 4) is 0 Å². The molecule has 0 saturated heterocycles. The Kier molecular flexibility index (Phi) is 21.6. The van der Waals surface area contributed by atoms with Crippen molar-refractivity contribution in [2.45, 2.75) is 67.2 Å². The average molecular weight is 1210 g/mol. The first-order valence-electron chi connectivity index (χ1n) is 31.1. The van der Waals surface area contributed by atoms with Crippen LogP contribution in [0, 0.1) is 0 Å². The Morgan fingerprint density at radius 1 is 0.202 bits per heavy atom. The largest absolute Gasteiger partial charge is 0.454 e. The minimum atomic E-state index is -3.01. The molecule has 0 atom stereocenters. The van der Waals surface area contributed by atoms with Crippen LogP contribution in [0.25, 0.3) is 0 Å². The Labute approximate surface area is 530 Å². The Morgan fingerprint density at radius 2 is 0.360 bits per heavy atom. The summed E-state index contributed by atoms with van der Waals surface area (Å²) in [4.78, 5) is 0. The third-order valence-corrected chi connectivity index (χ3v) is 27.3. The van der Waals surface area contributed by atoms with Gasteiger partial charge >= 0.3 is 0 Å². The SMILES string of the molecule is c1ccc(C[Si](Cc2ccccc2)(Cc2ccccc2)O/N=C(\C/C(=N/O[Si](Cc2ccccc2)(Cc2ccccc2)Cc2ccccc2)c2ccccc2)C/C(=N\O[Si](Cc2ccccc2)(Cc2ccccc2)Cc2ccccc2)c2ccccc2)cc1. The quantitative estimate of drug-likeness (QED) is 0.0256. The molecule has 9 heteroatoms. The van der Waals surface area contributed by atoms with Crippen LogP contribution in [0.3, 0.4) is 0 Å². The predicted octanol–water partition coefficient (Wildman–Crippen LogP) is 17.9. The molecule has 6 nitrogen and oxygen atoms in total. The molecule has 0 amide bonds. The van der Waals surface area contributed by atoms with Gasteiger partial charge in [0.2, 0.25) is 0 Å². The van der Waals surface area contributed by atoms with E-state index in [1.165, 1.54) is 50.1 Å². The molecule has 0 radical (unpaired) electrons. The van der Waals surface area contributed by atoms with Crippen LogP contribution >= 0.6 is 0 Å². The van der Waals surface area contributed by atoms with E-state index in [2.05, 4.69) is 334 Å². The Bertz CT molecular complexity index is 3440. The summed E-state index contributed by atoms with van der Waals surface area (Å²) in [6.45, 7) is 0. The smallest absolute Gasteiger partial charge is 0.300 e. The van der Waals surface area contributed by atoms with E-state index < -0.39 is 25.0 Å². The fraction of sp³-hybridized carbons (Fsp3) is 0.138. The van der Waals surface area contributed by atoms with E-state index >= 15 is 0 Å². The molecule has 0 aliphatic heterocycles. The fourth-order valence-electron chi connectivity index (χ4n) is 12.2. The maximum Gasteiger partial charge on any atom is 0.300 e. The zero-order valence-electron chi connectivity index (χ0n) is 50.6. The molecule has 442 valence electrons. The van der Waals surface area contributed by atoms with Gasteiger partial charge < -0.3 is 13.6 Å². The predicted molar refractivity (Wildman–Crippen MR) is 374 cm³/mol.